The standard InChI is InChI=1S/C6H9N/c1-2-7-4-6(1)3-5(6)7/h5H,1-4H2. The van der Waals surface area contributed by atoms with Gasteiger partial charge >= 0.3 is 0 Å². The Morgan fingerprint density at radius 2 is 2.57 bits per heavy atom. The van der Waals surface area contributed by atoms with Gasteiger partial charge in [-0.1, -0.05) is 0 Å². The van der Waals surface area contributed by atoms with E-state index in [9.17, 15) is 0 Å². The monoisotopic (exact) mass is 95.1 g/mol. The first-order valence-corrected chi connectivity index (χ1v) is 3.15. The topological polar surface area (TPSA) is 3.24 Å². The molecule has 3 heterocycles. The van der Waals surface area contributed by atoms with E-state index in [1.165, 1.54) is 19.5 Å². The highest BCUT2D eigenvalue weighted by atomic mass is 15.3. The van der Waals surface area contributed by atoms with Gasteiger partial charge in [-0.2, -0.15) is 0 Å². The van der Waals surface area contributed by atoms with Gasteiger partial charge in [-0.25, -0.2) is 0 Å². The second kappa shape index (κ2) is 0.576. The van der Waals surface area contributed by atoms with E-state index < -0.39 is 0 Å². The zero-order valence-corrected chi connectivity index (χ0v) is 4.35. The normalized spacial score (nSPS) is 72.0. The molecule has 1 aliphatic carbocycles. The molecule has 2 bridgehead atoms. The lowest BCUT2D eigenvalue weighted by Gasteiger charge is -2.25. The SMILES string of the molecule is C1CC23CC2N1C3. The molecule has 3 saturated heterocycles. The summed E-state index contributed by atoms with van der Waals surface area (Å²) in [7, 11) is 0. The molecule has 4 aliphatic rings. The predicted molar refractivity (Wildman–Crippen MR) is 27.0 cm³/mol. The van der Waals surface area contributed by atoms with E-state index in [1.807, 2.05) is 0 Å². The molecular formula is C6H9N. The van der Waals surface area contributed by atoms with Crippen molar-refractivity contribution in [3.05, 3.63) is 0 Å². The number of piperidine rings is 1. The molecule has 1 nitrogen and oxygen atoms in total. The fourth-order valence-electron chi connectivity index (χ4n) is 2.36. The van der Waals surface area contributed by atoms with E-state index in [-0.39, 0.29) is 0 Å². The molecule has 4 fully saturated rings. The molecule has 3 aliphatic heterocycles. The van der Waals surface area contributed by atoms with Crippen LogP contribution in [0.2, 0.25) is 0 Å². The molecule has 0 N–H and O–H groups in total. The van der Waals surface area contributed by atoms with Gasteiger partial charge in [0.15, 0.2) is 0 Å². The quantitative estimate of drug-likeness (QED) is 0.422. The maximum Gasteiger partial charge on any atom is 0.0172 e. The van der Waals surface area contributed by atoms with Crippen molar-refractivity contribution in [2.45, 2.75) is 18.9 Å². The Kier molecular flexibility index (Phi) is 0.253. The second-order valence-electron chi connectivity index (χ2n) is 3.30. The minimum atomic E-state index is 0.931. The third kappa shape index (κ3) is 0.163. The Morgan fingerprint density at radius 3 is 2.71 bits per heavy atom. The molecule has 1 spiro atoms. The first-order valence-electron chi connectivity index (χ1n) is 3.15. The van der Waals surface area contributed by atoms with Crippen LogP contribution in [-0.4, -0.2) is 24.0 Å². The summed E-state index contributed by atoms with van der Waals surface area (Å²) in [5, 5.41) is 0. The lowest BCUT2D eigenvalue weighted by Crippen LogP contribution is -2.35. The number of fused-ring (bicyclic) bond motifs is 1. The van der Waals surface area contributed by atoms with Gasteiger partial charge in [-0.15, -0.1) is 0 Å². The lowest BCUT2D eigenvalue weighted by atomic mass is 10.0. The van der Waals surface area contributed by atoms with Crippen molar-refractivity contribution in [2.75, 3.05) is 13.1 Å². The van der Waals surface area contributed by atoms with Crippen LogP contribution in [0, 0.1) is 5.41 Å². The van der Waals surface area contributed by atoms with Gasteiger partial charge in [-0.05, 0) is 19.4 Å². The van der Waals surface area contributed by atoms with Gasteiger partial charge in [0.1, 0.15) is 0 Å². The minimum absolute atomic E-state index is 0.931. The van der Waals surface area contributed by atoms with Gasteiger partial charge in [0.25, 0.3) is 0 Å². The number of hydrogen-bond acceptors (Lipinski definition) is 1. The minimum Gasteiger partial charge on any atom is -0.299 e. The Hall–Kier alpha value is -0.0400. The highest BCUT2D eigenvalue weighted by Crippen LogP contribution is 2.66. The van der Waals surface area contributed by atoms with Crippen LogP contribution >= 0.6 is 0 Å². The Bertz CT molecular complexity index is 126. The Labute approximate surface area is 43.3 Å². The van der Waals surface area contributed by atoms with Crippen molar-refractivity contribution in [3.8, 4) is 0 Å². The third-order valence-electron chi connectivity index (χ3n) is 3.00. The van der Waals surface area contributed by atoms with Crippen molar-refractivity contribution in [1.82, 2.24) is 4.90 Å². The number of rotatable bonds is 0. The van der Waals surface area contributed by atoms with Crippen molar-refractivity contribution >= 4 is 0 Å². The van der Waals surface area contributed by atoms with Crippen molar-refractivity contribution in [1.29, 1.82) is 0 Å². The van der Waals surface area contributed by atoms with Crippen LogP contribution in [0.15, 0.2) is 0 Å². The van der Waals surface area contributed by atoms with Crippen molar-refractivity contribution < 1.29 is 0 Å². The summed E-state index contributed by atoms with van der Waals surface area (Å²) in [5.74, 6) is 0. The first kappa shape index (κ1) is 3.08. The molecule has 0 aromatic rings. The van der Waals surface area contributed by atoms with Gasteiger partial charge in [0.2, 0.25) is 0 Å². The lowest BCUT2D eigenvalue weighted by molar-refractivity contribution is 0.207. The third-order valence-corrected chi connectivity index (χ3v) is 3.00. The summed E-state index contributed by atoms with van der Waals surface area (Å²) in [5.41, 5.74) is 0.931. The molecule has 38 valence electrons. The summed E-state index contributed by atoms with van der Waals surface area (Å²) >= 11 is 0. The summed E-state index contributed by atoms with van der Waals surface area (Å²) in [6, 6.07) is 1.09. The van der Waals surface area contributed by atoms with Crippen LogP contribution in [0.25, 0.3) is 0 Å². The Morgan fingerprint density at radius 1 is 1.57 bits per heavy atom. The van der Waals surface area contributed by atoms with E-state index in [4.69, 9.17) is 0 Å². The molecule has 0 amide bonds. The van der Waals surface area contributed by atoms with Gasteiger partial charge in [0, 0.05) is 18.0 Å². The van der Waals surface area contributed by atoms with Gasteiger partial charge < -0.3 is 0 Å². The smallest absolute Gasteiger partial charge is 0.0172 e. The maximum atomic E-state index is 2.61. The van der Waals surface area contributed by atoms with Crippen molar-refractivity contribution in [2.24, 2.45) is 5.41 Å². The van der Waals surface area contributed by atoms with Crippen LogP contribution in [-0.2, 0) is 0 Å². The van der Waals surface area contributed by atoms with Crippen LogP contribution in [0.3, 0.4) is 0 Å². The molecule has 1 saturated carbocycles. The van der Waals surface area contributed by atoms with Crippen LogP contribution in [0.1, 0.15) is 12.8 Å². The summed E-state index contributed by atoms with van der Waals surface area (Å²) in [6.45, 7) is 2.88. The molecule has 0 aromatic heterocycles. The average Bonchev–Trinajstić information content (AvgIpc) is 2.04. The molecule has 4 rings (SSSR count). The van der Waals surface area contributed by atoms with Crippen LogP contribution in [0.5, 0.6) is 0 Å². The first-order chi connectivity index (χ1) is 3.41. The molecule has 3 unspecified atom stereocenters. The molecule has 7 heavy (non-hydrogen) atoms. The van der Waals surface area contributed by atoms with E-state index in [1.54, 1.807) is 6.42 Å². The fraction of sp³-hybridized carbons (Fsp3) is 1.00. The molecule has 3 atom stereocenters. The fourth-order valence-corrected chi connectivity index (χ4v) is 2.36. The summed E-state index contributed by atoms with van der Waals surface area (Å²) < 4.78 is 0. The molecule has 1 heteroatoms. The van der Waals surface area contributed by atoms with E-state index in [0.29, 0.717) is 0 Å². The number of nitrogens with zero attached hydrogens (tertiary/aromatic N) is 1. The zero-order chi connectivity index (χ0) is 4.48. The zero-order valence-electron chi connectivity index (χ0n) is 4.35. The molecule has 0 aromatic carbocycles. The van der Waals surface area contributed by atoms with E-state index in [0.717, 1.165) is 11.5 Å². The molecule has 0 radical (unpaired) electrons. The highest BCUT2D eigenvalue weighted by molar-refractivity contribution is 5.23. The van der Waals surface area contributed by atoms with Gasteiger partial charge in [0.05, 0.1) is 0 Å². The average molecular weight is 95.1 g/mol. The maximum absolute atomic E-state index is 2.61. The van der Waals surface area contributed by atoms with Crippen molar-refractivity contribution in [3.63, 3.8) is 0 Å². The molecular weight excluding hydrogens is 86.1 g/mol. The van der Waals surface area contributed by atoms with Crippen LogP contribution in [0.4, 0.5) is 0 Å². The number of hydrogen-bond donors (Lipinski definition) is 0. The summed E-state index contributed by atoms with van der Waals surface area (Å²) in [6.07, 6.45) is 3.07. The summed E-state index contributed by atoms with van der Waals surface area (Å²) in [4.78, 5) is 2.61. The predicted octanol–water partition coefficient (Wildman–Crippen LogP) is 0.464. The second-order valence-corrected chi connectivity index (χ2v) is 3.30. The van der Waals surface area contributed by atoms with E-state index in [2.05, 4.69) is 4.90 Å². The highest BCUT2D eigenvalue weighted by Gasteiger charge is 2.70. The van der Waals surface area contributed by atoms with E-state index >= 15 is 0 Å². The largest absolute Gasteiger partial charge is 0.299 e. The Balaban J connectivity index is 2.16. The van der Waals surface area contributed by atoms with Crippen LogP contribution < -0.4 is 0 Å². The van der Waals surface area contributed by atoms with Gasteiger partial charge in [-0.3, -0.25) is 4.90 Å².